The molecule has 0 aliphatic carbocycles. The predicted octanol–water partition coefficient (Wildman–Crippen LogP) is 5.42. The van der Waals surface area contributed by atoms with Crippen molar-refractivity contribution >= 4 is 0 Å². The maximum atomic E-state index is 14.4. The molecule has 0 unspecified atom stereocenters. The Labute approximate surface area is 200 Å². The first kappa shape index (κ1) is 23.8. The molecule has 0 aliphatic heterocycles. The van der Waals surface area contributed by atoms with E-state index in [1.807, 2.05) is 38.1 Å². The van der Waals surface area contributed by atoms with Gasteiger partial charge in [0.1, 0.15) is 11.9 Å². The van der Waals surface area contributed by atoms with Crippen molar-refractivity contribution in [1.82, 2.24) is 19.9 Å². The van der Waals surface area contributed by atoms with Gasteiger partial charge in [-0.3, -0.25) is 0 Å². The van der Waals surface area contributed by atoms with E-state index in [1.165, 1.54) is 0 Å². The van der Waals surface area contributed by atoms with E-state index in [4.69, 9.17) is 0 Å². The van der Waals surface area contributed by atoms with Gasteiger partial charge in [0.15, 0.2) is 0 Å². The molecule has 0 aromatic carbocycles. The summed E-state index contributed by atoms with van der Waals surface area (Å²) in [5.74, 6) is -1.22. The van der Waals surface area contributed by atoms with Crippen molar-refractivity contribution in [2.45, 2.75) is 33.1 Å². The number of nitrogens with zero attached hydrogens (tertiary/aromatic N) is 4. The standard InChI is InChI=1S/C25H20F2N4.Pt/c1-15-11-13-17(23(26)28-15)19-7-5-9-21(30-19)25(3,4)22-10-6-8-20(31-22)18-14-12-16(2)29-24(18)27;/h5-12H,1-4H3;/q-2;+2. The van der Waals surface area contributed by atoms with E-state index in [-0.39, 0.29) is 32.2 Å². The molecule has 0 N–H and O–H groups in total. The summed E-state index contributed by atoms with van der Waals surface area (Å²) in [6, 6.07) is 19.9. The molecule has 4 heterocycles. The third-order valence-electron chi connectivity index (χ3n) is 5.10. The molecule has 4 aromatic rings. The Balaban J connectivity index is 0.00000289. The summed E-state index contributed by atoms with van der Waals surface area (Å²) in [6.07, 6.45) is 0. The van der Waals surface area contributed by atoms with Crippen LogP contribution in [0.25, 0.3) is 22.5 Å². The van der Waals surface area contributed by atoms with E-state index < -0.39 is 17.3 Å². The fourth-order valence-corrected chi connectivity index (χ4v) is 3.29. The van der Waals surface area contributed by atoms with Crippen LogP contribution in [0.3, 0.4) is 0 Å². The van der Waals surface area contributed by atoms with Crippen molar-refractivity contribution < 1.29 is 29.8 Å². The molecule has 0 radical (unpaired) electrons. The molecule has 0 aliphatic rings. The number of rotatable bonds is 4. The molecule has 7 heteroatoms. The van der Waals surface area contributed by atoms with Gasteiger partial charge in [-0.15, -0.1) is 24.3 Å². The summed E-state index contributed by atoms with van der Waals surface area (Å²) in [5, 5.41) is 0. The van der Waals surface area contributed by atoms with Crippen molar-refractivity contribution in [3.05, 3.63) is 95.3 Å². The second-order valence-electron chi connectivity index (χ2n) is 7.86. The minimum atomic E-state index is -0.630. The van der Waals surface area contributed by atoms with E-state index in [0.29, 0.717) is 34.2 Å². The van der Waals surface area contributed by atoms with Crippen LogP contribution in [-0.2, 0) is 26.5 Å². The average molecular weight is 610 g/mol. The van der Waals surface area contributed by atoms with Gasteiger partial charge >= 0.3 is 21.1 Å². The number of aryl methyl sites for hydroxylation is 2. The second-order valence-corrected chi connectivity index (χ2v) is 7.86. The minimum Gasteiger partial charge on any atom is -0.323 e. The molecule has 164 valence electrons. The number of halogens is 2. The molecule has 4 rings (SSSR count). The summed E-state index contributed by atoms with van der Waals surface area (Å²) in [5.41, 5.74) is 3.16. The quantitative estimate of drug-likeness (QED) is 0.229. The van der Waals surface area contributed by atoms with Crippen molar-refractivity contribution in [2.24, 2.45) is 0 Å². The Hall–Kier alpha value is -2.85. The number of hydrogen-bond donors (Lipinski definition) is 0. The van der Waals surface area contributed by atoms with Crippen LogP contribution in [0.15, 0.2) is 48.5 Å². The third kappa shape index (κ3) is 4.65. The normalized spacial score (nSPS) is 11.2. The van der Waals surface area contributed by atoms with Crippen molar-refractivity contribution in [3.63, 3.8) is 0 Å². The second kappa shape index (κ2) is 9.33. The van der Waals surface area contributed by atoms with Gasteiger partial charge in [-0.25, -0.2) is 8.78 Å². The largest absolute Gasteiger partial charge is 2.00 e. The van der Waals surface area contributed by atoms with E-state index in [2.05, 4.69) is 32.1 Å². The van der Waals surface area contributed by atoms with Gasteiger partial charge in [0.25, 0.3) is 0 Å². The van der Waals surface area contributed by atoms with E-state index >= 15 is 0 Å². The first-order chi connectivity index (χ1) is 14.8. The average Bonchev–Trinajstić information content (AvgIpc) is 2.74. The van der Waals surface area contributed by atoms with Crippen LogP contribution >= 0.6 is 0 Å². The van der Waals surface area contributed by atoms with Crippen molar-refractivity contribution in [2.75, 3.05) is 0 Å². The molecule has 32 heavy (non-hydrogen) atoms. The Morgan fingerprint density at radius 2 is 1.09 bits per heavy atom. The Bertz CT molecular complexity index is 1180. The molecule has 0 saturated heterocycles. The molecule has 0 saturated carbocycles. The molecule has 0 atom stereocenters. The number of aromatic nitrogens is 4. The Morgan fingerprint density at radius 3 is 1.47 bits per heavy atom. The summed E-state index contributed by atoms with van der Waals surface area (Å²) in [7, 11) is 0. The summed E-state index contributed by atoms with van der Waals surface area (Å²) in [4.78, 5) is 17.1. The number of hydrogen-bond acceptors (Lipinski definition) is 4. The zero-order chi connectivity index (χ0) is 22.2. The van der Waals surface area contributed by atoms with Crippen LogP contribution in [0, 0.1) is 37.9 Å². The maximum Gasteiger partial charge on any atom is 2.00 e. The van der Waals surface area contributed by atoms with E-state index in [0.717, 1.165) is 0 Å². The third-order valence-corrected chi connectivity index (χ3v) is 5.10. The first-order valence-electron chi connectivity index (χ1n) is 9.81. The summed E-state index contributed by atoms with van der Waals surface area (Å²) >= 11 is 0. The smallest absolute Gasteiger partial charge is 0.323 e. The SMILES string of the molecule is Cc1c[c-]c(-c2cccc(C(C)(C)c3cccc(-c4[c-]cc(C)nc4F)n3)n2)c(F)n1.[Pt+2]. The number of pyridine rings is 4. The van der Waals surface area contributed by atoms with Crippen LogP contribution in [0.5, 0.6) is 0 Å². The van der Waals surface area contributed by atoms with Gasteiger partial charge < -0.3 is 19.9 Å². The Morgan fingerprint density at radius 1 is 0.688 bits per heavy atom. The zero-order valence-corrected chi connectivity index (χ0v) is 20.3. The zero-order valence-electron chi connectivity index (χ0n) is 18.0. The fraction of sp³-hybridized carbons (Fsp3) is 0.200. The molecule has 0 bridgehead atoms. The molecule has 0 fully saturated rings. The maximum absolute atomic E-state index is 14.4. The van der Waals surface area contributed by atoms with Crippen molar-refractivity contribution in [3.8, 4) is 22.5 Å². The first-order valence-corrected chi connectivity index (χ1v) is 9.81. The monoisotopic (exact) mass is 609 g/mol. The predicted molar refractivity (Wildman–Crippen MR) is 114 cm³/mol. The van der Waals surface area contributed by atoms with Gasteiger partial charge in [-0.1, -0.05) is 49.2 Å². The van der Waals surface area contributed by atoms with Crippen LogP contribution < -0.4 is 0 Å². The molecule has 0 spiro atoms. The van der Waals surface area contributed by atoms with Gasteiger partial charge in [-0.2, -0.15) is 0 Å². The van der Waals surface area contributed by atoms with Crippen LogP contribution in [0.2, 0.25) is 0 Å². The minimum absolute atomic E-state index is 0. The van der Waals surface area contributed by atoms with E-state index in [1.54, 1.807) is 38.1 Å². The Kier molecular flexibility index (Phi) is 6.94. The molecule has 0 amide bonds. The van der Waals surface area contributed by atoms with Crippen LogP contribution in [-0.4, -0.2) is 19.9 Å². The molecule has 4 nitrogen and oxygen atoms in total. The molecular weight excluding hydrogens is 589 g/mol. The van der Waals surface area contributed by atoms with E-state index in [9.17, 15) is 8.78 Å². The topological polar surface area (TPSA) is 51.6 Å². The van der Waals surface area contributed by atoms with Gasteiger partial charge in [0.05, 0.1) is 0 Å². The van der Waals surface area contributed by atoms with Gasteiger partial charge in [0, 0.05) is 16.8 Å². The van der Waals surface area contributed by atoms with Gasteiger partial charge in [-0.05, 0) is 48.8 Å². The van der Waals surface area contributed by atoms with Gasteiger partial charge in [0.2, 0.25) is 0 Å². The van der Waals surface area contributed by atoms with Crippen LogP contribution in [0.1, 0.15) is 36.6 Å². The fourth-order valence-electron chi connectivity index (χ4n) is 3.29. The molecular formula is C25H20F2N4Pt. The summed E-state index contributed by atoms with van der Waals surface area (Å²) in [6.45, 7) is 7.34. The summed E-state index contributed by atoms with van der Waals surface area (Å²) < 4.78 is 28.7. The molecule has 4 aromatic heterocycles. The van der Waals surface area contributed by atoms with Crippen molar-refractivity contribution in [1.29, 1.82) is 0 Å². The van der Waals surface area contributed by atoms with Crippen LogP contribution in [0.4, 0.5) is 8.78 Å².